The Balaban J connectivity index is 1.44. The third kappa shape index (κ3) is 6.27. The third-order valence-electron chi connectivity index (χ3n) is 8.18. The summed E-state index contributed by atoms with van der Waals surface area (Å²) in [7, 11) is 2.11. The summed E-state index contributed by atoms with van der Waals surface area (Å²) in [5.41, 5.74) is 1.55. The van der Waals surface area contributed by atoms with Gasteiger partial charge in [-0.1, -0.05) is 27.7 Å². The number of anilines is 1. The van der Waals surface area contributed by atoms with Gasteiger partial charge in [0.2, 0.25) is 5.91 Å². The van der Waals surface area contributed by atoms with Crippen LogP contribution in [0.5, 0.6) is 0 Å². The molecule has 1 aromatic carbocycles. The second-order valence-electron chi connectivity index (χ2n) is 11.9. The molecule has 214 valence electrons. The number of amides is 3. The molecule has 0 bridgehead atoms. The molecule has 3 fully saturated rings. The molecule has 3 aliphatic rings. The molecule has 3 amide bonds. The van der Waals surface area contributed by atoms with E-state index in [0.717, 1.165) is 31.9 Å². The van der Waals surface area contributed by atoms with Gasteiger partial charge in [0.05, 0.1) is 12.6 Å². The fraction of sp³-hybridized carbons (Fsp3) is 0.655. The average Bonchev–Trinajstić information content (AvgIpc) is 3.48. The molecule has 10 nitrogen and oxygen atoms in total. The molecule has 3 aliphatic heterocycles. The van der Waals surface area contributed by atoms with Crippen molar-refractivity contribution >= 4 is 29.2 Å². The van der Waals surface area contributed by atoms with Gasteiger partial charge < -0.3 is 30.0 Å². The van der Waals surface area contributed by atoms with Crippen LogP contribution in [0.15, 0.2) is 24.3 Å². The molecule has 0 radical (unpaired) electrons. The summed E-state index contributed by atoms with van der Waals surface area (Å²) >= 11 is 0. The lowest BCUT2D eigenvalue weighted by atomic mass is 10.0. The highest BCUT2D eigenvalue weighted by Crippen LogP contribution is 2.31. The van der Waals surface area contributed by atoms with Gasteiger partial charge in [-0.2, -0.15) is 0 Å². The maximum Gasteiger partial charge on any atom is 0.252 e. The zero-order valence-electron chi connectivity index (χ0n) is 23.8. The Morgan fingerprint density at radius 1 is 0.949 bits per heavy atom. The SMILES string of the molecule is CC(C)CC(NC(=O)c1ccc(N2CCN(C)CC2)cc1)C(=O)N1CCC2C1C(=O)CN2C(=O)C(O)C(C)C. The van der Waals surface area contributed by atoms with Gasteiger partial charge in [-0.25, -0.2) is 0 Å². The van der Waals surface area contributed by atoms with Crippen molar-refractivity contribution in [2.75, 3.05) is 51.2 Å². The first-order valence-corrected chi connectivity index (χ1v) is 14.1. The van der Waals surface area contributed by atoms with Gasteiger partial charge in [-0.3, -0.25) is 19.2 Å². The Hall–Kier alpha value is -2.98. The summed E-state index contributed by atoms with van der Waals surface area (Å²) in [5, 5.41) is 13.2. The number of carbonyl (C=O) groups is 4. The van der Waals surface area contributed by atoms with Gasteiger partial charge in [0, 0.05) is 44.0 Å². The first-order chi connectivity index (χ1) is 18.5. The average molecular weight is 542 g/mol. The summed E-state index contributed by atoms with van der Waals surface area (Å²) in [4.78, 5) is 60.3. The number of piperazine rings is 1. The standard InChI is InChI=1S/C29H43N5O5/c1-18(2)16-22(30-27(37)20-6-8-21(9-7-20)32-14-12-31(5)13-15-32)28(38)33-11-10-23-25(33)24(35)17-34(23)29(39)26(36)19(3)4/h6-9,18-19,22-23,25-26,36H,10-17H2,1-5H3,(H,30,37). The van der Waals surface area contributed by atoms with Crippen LogP contribution in [0.25, 0.3) is 0 Å². The summed E-state index contributed by atoms with van der Waals surface area (Å²) in [6.45, 7) is 11.5. The maximum atomic E-state index is 13.7. The molecule has 0 spiro atoms. The normalized spacial score (nSPS) is 23.4. The molecule has 2 N–H and O–H groups in total. The number of aliphatic hydroxyl groups is 1. The first kappa shape index (κ1) is 29.0. The quantitative estimate of drug-likeness (QED) is 0.505. The Bertz CT molecular complexity index is 1070. The minimum atomic E-state index is -1.18. The molecular weight excluding hydrogens is 498 g/mol. The van der Waals surface area contributed by atoms with Crippen molar-refractivity contribution in [3.63, 3.8) is 0 Å². The number of ketones is 1. The van der Waals surface area contributed by atoms with Crippen LogP contribution < -0.4 is 10.2 Å². The van der Waals surface area contributed by atoms with Crippen molar-refractivity contribution in [2.24, 2.45) is 11.8 Å². The van der Waals surface area contributed by atoms with Gasteiger partial charge in [0.1, 0.15) is 18.2 Å². The first-order valence-electron chi connectivity index (χ1n) is 14.1. The second kappa shape index (κ2) is 12.0. The van der Waals surface area contributed by atoms with Crippen molar-refractivity contribution in [1.82, 2.24) is 20.0 Å². The number of benzene rings is 1. The third-order valence-corrected chi connectivity index (χ3v) is 8.18. The lowest BCUT2D eigenvalue weighted by Crippen LogP contribution is -2.53. The molecule has 3 saturated heterocycles. The number of rotatable bonds is 8. The highest BCUT2D eigenvalue weighted by atomic mass is 16.3. The predicted octanol–water partition coefficient (Wildman–Crippen LogP) is 0.981. The molecule has 3 heterocycles. The molecule has 4 atom stereocenters. The minimum absolute atomic E-state index is 0.109. The van der Waals surface area contributed by atoms with Crippen molar-refractivity contribution in [2.45, 2.75) is 64.8 Å². The number of hydrogen-bond acceptors (Lipinski definition) is 7. The van der Waals surface area contributed by atoms with Gasteiger partial charge in [0.25, 0.3) is 11.8 Å². The molecule has 0 saturated carbocycles. The number of hydrogen-bond donors (Lipinski definition) is 2. The summed E-state index contributed by atoms with van der Waals surface area (Å²) in [6.07, 6.45) is -0.285. The van der Waals surface area contributed by atoms with E-state index in [1.807, 2.05) is 26.0 Å². The van der Waals surface area contributed by atoms with Crippen molar-refractivity contribution in [3.05, 3.63) is 29.8 Å². The van der Waals surface area contributed by atoms with Crippen molar-refractivity contribution in [3.8, 4) is 0 Å². The van der Waals surface area contributed by atoms with E-state index in [-0.39, 0.29) is 36.0 Å². The summed E-state index contributed by atoms with van der Waals surface area (Å²) in [5.74, 6) is -1.44. The van der Waals surface area contributed by atoms with E-state index in [1.54, 1.807) is 26.0 Å². The van der Waals surface area contributed by atoms with E-state index in [9.17, 15) is 24.3 Å². The molecular formula is C29H43N5O5. The van der Waals surface area contributed by atoms with E-state index in [4.69, 9.17) is 0 Å². The maximum absolute atomic E-state index is 13.7. The Morgan fingerprint density at radius 2 is 1.59 bits per heavy atom. The number of Topliss-reactive ketones (excluding diaryl/α,β-unsaturated/α-hetero) is 1. The van der Waals surface area contributed by atoms with Gasteiger partial charge >= 0.3 is 0 Å². The topological polar surface area (TPSA) is 114 Å². The monoisotopic (exact) mass is 541 g/mol. The lowest BCUT2D eigenvalue weighted by Gasteiger charge is -2.34. The van der Waals surface area contributed by atoms with Crippen LogP contribution in [0.4, 0.5) is 5.69 Å². The molecule has 1 aromatic rings. The number of likely N-dealkylation sites (tertiary alicyclic amines) is 2. The van der Waals surface area contributed by atoms with Crippen LogP contribution >= 0.6 is 0 Å². The molecule has 10 heteroatoms. The highest BCUT2D eigenvalue weighted by molar-refractivity contribution is 6.01. The van der Waals surface area contributed by atoms with Crippen LogP contribution in [0.3, 0.4) is 0 Å². The highest BCUT2D eigenvalue weighted by Gasteiger charge is 2.53. The predicted molar refractivity (Wildman–Crippen MR) is 148 cm³/mol. The number of aliphatic hydroxyl groups excluding tert-OH is 1. The van der Waals surface area contributed by atoms with Gasteiger partial charge in [-0.15, -0.1) is 0 Å². The molecule has 0 aromatic heterocycles. The second-order valence-corrected chi connectivity index (χ2v) is 11.9. The van der Waals surface area contributed by atoms with E-state index in [0.29, 0.717) is 24.9 Å². The van der Waals surface area contributed by atoms with E-state index in [2.05, 4.69) is 22.2 Å². The number of likely N-dealkylation sites (N-methyl/N-ethyl adjacent to an activating group) is 1. The summed E-state index contributed by atoms with van der Waals surface area (Å²) < 4.78 is 0. The van der Waals surface area contributed by atoms with Gasteiger partial charge in [0.15, 0.2) is 5.78 Å². The summed E-state index contributed by atoms with van der Waals surface area (Å²) in [6, 6.07) is 5.49. The fourth-order valence-electron chi connectivity index (χ4n) is 5.84. The number of nitrogens with zero attached hydrogens (tertiary/aromatic N) is 4. The van der Waals surface area contributed by atoms with Crippen LogP contribution in [0, 0.1) is 11.8 Å². The molecule has 4 unspecified atom stereocenters. The van der Waals surface area contributed by atoms with E-state index >= 15 is 0 Å². The van der Waals surface area contributed by atoms with Crippen LogP contribution in [-0.4, -0.2) is 114 Å². The number of nitrogens with one attached hydrogen (secondary N) is 1. The van der Waals surface area contributed by atoms with Crippen LogP contribution in [-0.2, 0) is 14.4 Å². The van der Waals surface area contributed by atoms with Gasteiger partial charge in [-0.05, 0) is 56.0 Å². The molecule has 39 heavy (non-hydrogen) atoms. The van der Waals surface area contributed by atoms with Crippen molar-refractivity contribution < 1.29 is 24.3 Å². The number of fused-ring (bicyclic) bond motifs is 1. The van der Waals surface area contributed by atoms with Crippen LogP contribution in [0.1, 0.15) is 50.9 Å². The zero-order chi connectivity index (χ0) is 28.4. The van der Waals surface area contributed by atoms with E-state index < -0.39 is 30.1 Å². The lowest BCUT2D eigenvalue weighted by molar-refractivity contribution is -0.144. The largest absolute Gasteiger partial charge is 0.383 e. The Morgan fingerprint density at radius 3 is 2.18 bits per heavy atom. The Labute approximate surface area is 231 Å². The minimum Gasteiger partial charge on any atom is -0.383 e. The van der Waals surface area contributed by atoms with E-state index in [1.165, 1.54) is 9.80 Å². The smallest absolute Gasteiger partial charge is 0.252 e. The van der Waals surface area contributed by atoms with Crippen LogP contribution in [0.2, 0.25) is 0 Å². The molecule has 0 aliphatic carbocycles. The number of carbonyl (C=O) groups excluding carboxylic acids is 4. The zero-order valence-corrected chi connectivity index (χ0v) is 23.8. The fourth-order valence-corrected chi connectivity index (χ4v) is 5.84. The molecule has 4 rings (SSSR count). The Kier molecular flexibility index (Phi) is 8.96. The van der Waals surface area contributed by atoms with Crippen molar-refractivity contribution in [1.29, 1.82) is 0 Å².